The summed E-state index contributed by atoms with van der Waals surface area (Å²) in [5, 5.41) is 5.50. The van der Waals surface area contributed by atoms with Crippen molar-refractivity contribution in [3.8, 4) is 0 Å². The fraction of sp³-hybridized carbons (Fsp3) is 0.846. The largest absolute Gasteiger partial charge is 0.354 e. The van der Waals surface area contributed by atoms with E-state index in [9.17, 15) is 9.59 Å². The summed E-state index contributed by atoms with van der Waals surface area (Å²) >= 11 is 0. The van der Waals surface area contributed by atoms with Crippen LogP contribution < -0.4 is 16.4 Å². The molecule has 4 N–H and O–H groups in total. The minimum atomic E-state index is -0.831. The van der Waals surface area contributed by atoms with Gasteiger partial charge in [0.25, 0.3) is 0 Å². The van der Waals surface area contributed by atoms with E-state index in [0.717, 1.165) is 6.42 Å². The van der Waals surface area contributed by atoms with Gasteiger partial charge in [-0.25, -0.2) is 0 Å². The van der Waals surface area contributed by atoms with Crippen molar-refractivity contribution in [2.75, 3.05) is 13.1 Å². The van der Waals surface area contributed by atoms with E-state index in [0.29, 0.717) is 19.5 Å². The maximum atomic E-state index is 11.7. The molecule has 2 amide bonds. The summed E-state index contributed by atoms with van der Waals surface area (Å²) in [6.45, 7) is 10.1. The molecule has 0 aromatic carbocycles. The van der Waals surface area contributed by atoms with Gasteiger partial charge in [0.1, 0.15) is 0 Å². The van der Waals surface area contributed by atoms with Crippen LogP contribution in [0.2, 0.25) is 0 Å². The Kier molecular flexibility index (Phi) is 6.32. The second kappa shape index (κ2) is 6.73. The second-order valence-corrected chi connectivity index (χ2v) is 5.93. The van der Waals surface area contributed by atoms with Crippen LogP contribution in [-0.2, 0) is 9.59 Å². The summed E-state index contributed by atoms with van der Waals surface area (Å²) in [5.41, 5.74) is 4.64. The Bertz CT molecular complexity index is 293. The molecule has 0 rings (SSSR count). The molecule has 0 bridgehead atoms. The third-order valence-corrected chi connectivity index (χ3v) is 2.67. The van der Waals surface area contributed by atoms with E-state index in [4.69, 9.17) is 5.73 Å². The molecular formula is C13H27N3O2. The Morgan fingerprint density at radius 2 is 1.44 bits per heavy atom. The van der Waals surface area contributed by atoms with Crippen LogP contribution in [0.3, 0.4) is 0 Å². The summed E-state index contributed by atoms with van der Waals surface area (Å²) < 4.78 is 0. The number of hydrogen-bond donors (Lipinski definition) is 3. The number of carbonyl (C=O) groups excluding carboxylic acids is 2. The Labute approximate surface area is 110 Å². The van der Waals surface area contributed by atoms with Gasteiger partial charge in [0.2, 0.25) is 11.8 Å². The third-order valence-electron chi connectivity index (χ3n) is 2.67. The highest BCUT2D eigenvalue weighted by molar-refractivity contribution is 5.85. The maximum Gasteiger partial charge on any atom is 0.239 e. The lowest BCUT2D eigenvalue weighted by atomic mass is 9.95. The number of carbonyl (C=O) groups is 2. The van der Waals surface area contributed by atoms with Gasteiger partial charge in [-0.3, -0.25) is 9.59 Å². The average Bonchev–Trinajstić information content (AvgIpc) is 2.22. The first-order valence-corrected chi connectivity index (χ1v) is 6.46. The average molecular weight is 257 g/mol. The topological polar surface area (TPSA) is 84.2 Å². The second-order valence-electron chi connectivity index (χ2n) is 5.93. The van der Waals surface area contributed by atoms with Crippen molar-refractivity contribution in [2.45, 2.75) is 53.0 Å². The van der Waals surface area contributed by atoms with Gasteiger partial charge in [-0.2, -0.15) is 0 Å². The number of nitrogens with one attached hydrogen (secondary N) is 2. The van der Waals surface area contributed by atoms with Crippen molar-refractivity contribution in [3.05, 3.63) is 0 Å². The first kappa shape index (κ1) is 16.9. The van der Waals surface area contributed by atoms with Crippen molar-refractivity contribution < 1.29 is 9.59 Å². The smallest absolute Gasteiger partial charge is 0.239 e. The Balaban J connectivity index is 3.93. The highest BCUT2D eigenvalue weighted by Crippen LogP contribution is 2.12. The zero-order chi connectivity index (χ0) is 14.4. The van der Waals surface area contributed by atoms with Gasteiger partial charge in [-0.15, -0.1) is 0 Å². The molecule has 5 heteroatoms. The first-order chi connectivity index (χ1) is 8.11. The van der Waals surface area contributed by atoms with Crippen LogP contribution in [0.25, 0.3) is 0 Å². The molecule has 0 heterocycles. The third kappa shape index (κ3) is 6.00. The summed E-state index contributed by atoms with van der Waals surface area (Å²) in [6.07, 6.45) is 1.51. The Hall–Kier alpha value is -1.10. The van der Waals surface area contributed by atoms with E-state index < -0.39 is 11.0 Å². The van der Waals surface area contributed by atoms with Crippen molar-refractivity contribution in [3.63, 3.8) is 0 Å². The molecule has 0 spiro atoms. The molecule has 0 aliphatic heterocycles. The van der Waals surface area contributed by atoms with Crippen LogP contribution >= 0.6 is 0 Å². The van der Waals surface area contributed by atoms with E-state index in [1.807, 2.05) is 27.7 Å². The summed E-state index contributed by atoms with van der Waals surface area (Å²) in [4.78, 5) is 23.3. The molecule has 1 atom stereocenters. The normalized spacial score (nSPS) is 14.8. The Morgan fingerprint density at radius 1 is 1.00 bits per heavy atom. The van der Waals surface area contributed by atoms with E-state index in [2.05, 4.69) is 10.6 Å². The summed E-state index contributed by atoms with van der Waals surface area (Å²) in [5.74, 6) is -0.199. The number of rotatable bonds is 6. The van der Waals surface area contributed by atoms with Crippen LogP contribution in [0.4, 0.5) is 0 Å². The van der Waals surface area contributed by atoms with Crippen LogP contribution in [0.15, 0.2) is 0 Å². The van der Waals surface area contributed by atoms with Gasteiger partial charge < -0.3 is 16.4 Å². The molecule has 0 saturated carbocycles. The van der Waals surface area contributed by atoms with E-state index in [1.165, 1.54) is 0 Å². The van der Waals surface area contributed by atoms with Crippen molar-refractivity contribution in [1.82, 2.24) is 10.6 Å². The van der Waals surface area contributed by atoms with Gasteiger partial charge in [-0.1, -0.05) is 34.1 Å². The molecule has 106 valence electrons. The van der Waals surface area contributed by atoms with Gasteiger partial charge in [-0.05, 0) is 13.3 Å². The zero-order valence-electron chi connectivity index (χ0n) is 12.2. The molecule has 5 nitrogen and oxygen atoms in total. The van der Waals surface area contributed by atoms with Gasteiger partial charge in [0.05, 0.1) is 5.54 Å². The first-order valence-electron chi connectivity index (χ1n) is 6.46. The van der Waals surface area contributed by atoms with Crippen molar-refractivity contribution in [1.29, 1.82) is 0 Å². The highest BCUT2D eigenvalue weighted by atomic mass is 16.2. The molecule has 0 saturated heterocycles. The minimum absolute atomic E-state index is 0.0270. The van der Waals surface area contributed by atoms with Gasteiger partial charge in [0.15, 0.2) is 0 Å². The molecule has 18 heavy (non-hydrogen) atoms. The summed E-state index contributed by atoms with van der Waals surface area (Å²) in [7, 11) is 0. The molecule has 0 aliphatic carbocycles. The number of hydrogen-bond acceptors (Lipinski definition) is 3. The van der Waals surface area contributed by atoms with Gasteiger partial charge >= 0.3 is 0 Å². The Morgan fingerprint density at radius 3 is 1.83 bits per heavy atom. The highest BCUT2D eigenvalue weighted by Gasteiger charge is 2.26. The molecule has 0 radical (unpaired) electrons. The molecule has 0 aliphatic rings. The van der Waals surface area contributed by atoms with E-state index in [1.54, 1.807) is 6.92 Å². The van der Waals surface area contributed by atoms with Crippen LogP contribution in [0.1, 0.15) is 47.5 Å². The van der Waals surface area contributed by atoms with Crippen molar-refractivity contribution in [2.24, 2.45) is 11.1 Å². The predicted molar refractivity (Wildman–Crippen MR) is 73.0 cm³/mol. The quantitative estimate of drug-likeness (QED) is 0.615. The molecule has 0 aromatic heterocycles. The van der Waals surface area contributed by atoms with Crippen molar-refractivity contribution >= 4 is 11.8 Å². The van der Waals surface area contributed by atoms with E-state index >= 15 is 0 Å². The lowest BCUT2D eigenvalue weighted by Gasteiger charge is -2.23. The minimum Gasteiger partial charge on any atom is -0.354 e. The van der Waals surface area contributed by atoms with Crippen LogP contribution in [0.5, 0.6) is 0 Å². The van der Waals surface area contributed by atoms with Crippen LogP contribution in [0, 0.1) is 5.41 Å². The lowest BCUT2D eigenvalue weighted by molar-refractivity contribution is -0.129. The maximum absolute atomic E-state index is 11.7. The van der Waals surface area contributed by atoms with Gasteiger partial charge in [0, 0.05) is 18.5 Å². The fourth-order valence-corrected chi connectivity index (χ4v) is 1.45. The molecular weight excluding hydrogens is 230 g/mol. The fourth-order valence-electron chi connectivity index (χ4n) is 1.45. The summed E-state index contributed by atoms with van der Waals surface area (Å²) in [6, 6.07) is 0. The van der Waals surface area contributed by atoms with E-state index in [-0.39, 0.29) is 11.8 Å². The molecule has 0 fully saturated rings. The molecule has 1 unspecified atom stereocenters. The monoisotopic (exact) mass is 257 g/mol. The lowest BCUT2D eigenvalue weighted by Crippen LogP contribution is -2.52. The zero-order valence-corrected chi connectivity index (χ0v) is 12.2. The standard InChI is InChI=1S/C13H27N3O2/c1-6-7-13(5,14)11(18)16-9-8-15-10(17)12(2,3)4/h6-9,14H2,1-5H3,(H,15,17)(H,16,18). The number of nitrogens with two attached hydrogens (primary N) is 1. The van der Waals surface area contributed by atoms with Crippen LogP contribution in [-0.4, -0.2) is 30.4 Å². The number of amides is 2. The predicted octanol–water partition coefficient (Wildman–Crippen LogP) is 0.782. The molecule has 0 aromatic rings. The SMILES string of the molecule is CCCC(C)(N)C(=O)NCCNC(=O)C(C)(C)C.